The summed E-state index contributed by atoms with van der Waals surface area (Å²) in [5, 5.41) is 19.1. The lowest BCUT2D eigenvalue weighted by atomic mass is 10.0. The molecule has 0 saturated carbocycles. The number of ether oxygens (including phenoxy) is 1. The van der Waals surface area contributed by atoms with Crippen molar-refractivity contribution in [2.75, 3.05) is 7.11 Å². The molecule has 1 amide bonds. The maximum Gasteiger partial charge on any atom is 0.337 e. The number of hydrogen-bond donors (Lipinski definition) is 3. The molecule has 0 aromatic heterocycles. The van der Waals surface area contributed by atoms with Crippen molar-refractivity contribution in [3.8, 4) is 0 Å². The normalized spacial score (nSPS) is 13.8. The molecule has 2 atom stereocenters. The molecule has 0 aliphatic carbocycles. The van der Waals surface area contributed by atoms with E-state index in [0.29, 0.717) is 0 Å². The van der Waals surface area contributed by atoms with Gasteiger partial charge in [-0.05, 0) is 17.7 Å². The van der Waals surface area contributed by atoms with Crippen LogP contribution in [0.15, 0.2) is 24.3 Å². The number of methoxy groups -OCH3 is 1. The minimum absolute atomic E-state index is 0.179. The van der Waals surface area contributed by atoms with Crippen molar-refractivity contribution in [1.82, 2.24) is 0 Å². The molecule has 1 aromatic rings. The Morgan fingerprint density at radius 3 is 2.53 bits per heavy atom. The van der Waals surface area contributed by atoms with E-state index in [-0.39, 0.29) is 11.1 Å². The second kappa shape index (κ2) is 5.42. The van der Waals surface area contributed by atoms with E-state index in [0.717, 1.165) is 7.11 Å². The number of aliphatic hydroxyl groups excluding tert-OH is 2. The molecule has 0 aliphatic rings. The number of aliphatic hydroxyl groups is 2. The summed E-state index contributed by atoms with van der Waals surface area (Å²) >= 11 is 0. The Morgan fingerprint density at radius 2 is 2.00 bits per heavy atom. The Kier molecular flexibility index (Phi) is 4.19. The lowest BCUT2D eigenvalue weighted by Gasteiger charge is -2.16. The van der Waals surface area contributed by atoms with Crippen molar-refractivity contribution < 1.29 is 24.5 Å². The first-order valence-corrected chi connectivity index (χ1v) is 4.81. The fraction of sp³-hybridized carbons (Fsp3) is 0.273. The predicted molar refractivity (Wildman–Crippen MR) is 57.9 cm³/mol. The lowest BCUT2D eigenvalue weighted by molar-refractivity contribution is -0.156. The summed E-state index contributed by atoms with van der Waals surface area (Å²) in [6, 6.07) is 5.72. The quantitative estimate of drug-likeness (QED) is 0.605. The van der Waals surface area contributed by atoms with Crippen LogP contribution in [0.4, 0.5) is 0 Å². The molecule has 17 heavy (non-hydrogen) atoms. The molecule has 0 bridgehead atoms. The van der Waals surface area contributed by atoms with Crippen LogP contribution in [0.3, 0.4) is 0 Å². The number of rotatable bonds is 4. The molecule has 0 fully saturated rings. The second-order valence-corrected chi connectivity index (χ2v) is 3.40. The Hall–Kier alpha value is -1.92. The van der Waals surface area contributed by atoms with Crippen LogP contribution in [0.5, 0.6) is 0 Å². The topological polar surface area (TPSA) is 110 Å². The van der Waals surface area contributed by atoms with E-state index in [2.05, 4.69) is 4.74 Å². The van der Waals surface area contributed by atoms with Crippen LogP contribution in [0.1, 0.15) is 22.0 Å². The first-order chi connectivity index (χ1) is 7.97. The van der Waals surface area contributed by atoms with Crippen molar-refractivity contribution in [1.29, 1.82) is 0 Å². The van der Waals surface area contributed by atoms with E-state index in [4.69, 9.17) is 5.73 Å². The SMILES string of the molecule is COC(=O)C(O)C(O)c1cccc(C(N)=O)c1. The standard InChI is InChI=1S/C11H13NO5/c1-17-11(16)9(14)8(13)6-3-2-4-7(5-6)10(12)15/h2-5,8-9,13-14H,1H3,(H2,12,15). The van der Waals surface area contributed by atoms with E-state index in [1.54, 1.807) is 0 Å². The highest BCUT2D eigenvalue weighted by atomic mass is 16.5. The molecular formula is C11H13NO5. The molecule has 6 heteroatoms. The molecule has 0 heterocycles. The molecule has 0 spiro atoms. The van der Waals surface area contributed by atoms with Gasteiger partial charge in [0.25, 0.3) is 0 Å². The fourth-order valence-corrected chi connectivity index (χ4v) is 1.31. The van der Waals surface area contributed by atoms with Gasteiger partial charge in [-0.25, -0.2) is 4.79 Å². The summed E-state index contributed by atoms with van der Waals surface area (Å²) in [6.07, 6.45) is -3.18. The number of amides is 1. The number of primary amides is 1. The van der Waals surface area contributed by atoms with Crippen molar-refractivity contribution >= 4 is 11.9 Å². The zero-order valence-corrected chi connectivity index (χ0v) is 9.16. The fourth-order valence-electron chi connectivity index (χ4n) is 1.31. The minimum Gasteiger partial charge on any atom is -0.467 e. The highest BCUT2D eigenvalue weighted by Gasteiger charge is 2.26. The molecule has 1 rings (SSSR count). The van der Waals surface area contributed by atoms with Gasteiger partial charge >= 0.3 is 5.97 Å². The first kappa shape index (κ1) is 13.1. The van der Waals surface area contributed by atoms with Crippen LogP contribution in [0.25, 0.3) is 0 Å². The number of hydrogen-bond acceptors (Lipinski definition) is 5. The van der Waals surface area contributed by atoms with Gasteiger partial charge in [0.15, 0.2) is 6.10 Å². The van der Waals surface area contributed by atoms with Crippen molar-refractivity contribution in [3.63, 3.8) is 0 Å². The van der Waals surface area contributed by atoms with Gasteiger partial charge in [-0.2, -0.15) is 0 Å². The monoisotopic (exact) mass is 239 g/mol. The smallest absolute Gasteiger partial charge is 0.337 e. The third-order valence-corrected chi connectivity index (χ3v) is 2.25. The van der Waals surface area contributed by atoms with Gasteiger partial charge in [0, 0.05) is 5.56 Å². The van der Waals surface area contributed by atoms with Crippen LogP contribution in [-0.2, 0) is 9.53 Å². The Balaban J connectivity index is 2.96. The van der Waals surface area contributed by atoms with Gasteiger partial charge in [-0.15, -0.1) is 0 Å². The third kappa shape index (κ3) is 3.02. The maximum absolute atomic E-state index is 11.0. The van der Waals surface area contributed by atoms with Crippen LogP contribution >= 0.6 is 0 Å². The van der Waals surface area contributed by atoms with Gasteiger partial charge in [-0.1, -0.05) is 12.1 Å². The Bertz CT molecular complexity index is 432. The van der Waals surface area contributed by atoms with E-state index in [1.165, 1.54) is 24.3 Å². The molecule has 0 aliphatic heterocycles. The summed E-state index contributed by atoms with van der Waals surface area (Å²) in [7, 11) is 1.10. The zero-order chi connectivity index (χ0) is 13.0. The van der Waals surface area contributed by atoms with Crippen LogP contribution in [0, 0.1) is 0 Å². The summed E-state index contributed by atoms with van der Waals surface area (Å²) < 4.78 is 4.29. The number of esters is 1. The first-order valence-electron chi connectivity index (χ1n) is 4.81. The van der Waals surface area contributed by atoms with Crippen LogP contribution < -0.4 is 5.73 Å². The molecule has 4 N–H and O–H groups in total. The van der Waals surface area contributed by atoms with Gasteiger partial charge in [0.2, 0.25) is 5.91 Å². The van der Waals surface area contributed by atoms with Crippen LogP contribution in [-0.4, -0.2) is 35.3 Å². The van der Waals surface area contributed by atoms with E-state index >= 15 is 0 Å². The maximum atomic E-state index is 11.0. The predicted octanol–water partition coefficient (Wildman–Crippen LogP) is -0.647. The van der Waals surface area contributed by atoms with E-state index < -0.39 is 24.1 Å². The number of carbonyl (C=O) groups excluding carboxylic acids is 2. The molecule has 6 nitrogen and oxygen atoms in total. The zero-order valence-electron chi connectivity index (χ0n) is 9.16. The van der Waals surface area contributed by atoms with Crippen molar-refractivity contribution in [3.05, 3.63) is 35.4 Å². The lowest BCUT2D eigenvalue weighted by Crippen LogP contribution is -2.29. The summed E-state index contributed by atoms with van der Waals surface area (Å²) in [4.78, 5) is 21.9. The summed E-state index contributed by atoms with van der Waals surface area (Å²) in [5.41, 5.74) is 5.46. The van der Waals surface area contributed by atoms with Gasteiger partial charge in [0.1, 0.15) is 6.10 Å². The summed E-state index contributed by atoms with van der Waals surface area (Å²) in [5.74, 6) is -1.62. The highest BCUT2D eigenvalue weighted by Crippen LogP contribution is 2.18. The minimum atomic E-state index is -1.71. The van der Waals surface area contributed by atoms with Crippen molar-refractivity contribution in [2.45, 2.75) is 12.2 Å². The molecule has 0 radical (unpaired) electrons. The highest BCUT2D eigenvalue weighted by molar-refractivity contribution is 5.93. The van der Waals surface area contributed by atoms with Crippen LogP contribution in [0.2, 0.25) is 0 Å². The van der Waals surface area contributed by atoms with E-state index in [1.807, 2.05) is 0 Å². The summed E-state index contributed by atoms with van der Waals surface area (Å²) in [6.45, 7) is 0. The average Bonchev–Trinajstić information content (AvgIpc) is 2.36. The Labute approximate surface area is 97.6 Å². The van der Waals surface area contributed by atoms with Gasteiger partial charge in [-0.3, -0.25) is 4.79 Å². The number of benzene rings is 1. The number of nitrogens with two attached hydrogens (primary N) is 1. The van der Waals surface area contributed by atoms with Crippen molar-refractivity contribution in [2.24, 2.45) is 5.73 Å². The average molecular weight is 239 g/mol. The van der Waals surface area contributed by atoms with Gasteiger partial charge in [0.05, 0.1) is 7.11 Å². The van der Waals surface area contributed by atoms with Gasteiger partial charge < -0.3 is 20.7 Å². The van der Waals surface area contributed by atoms with E-state index in [9.17, 15) is 19.8 Å². The third-order valence-electron chi connectivity index (χ3n) is 2.25. The molecular weight excluding hydrogens is 226 g/mol. The molecule has 1 aromatic carbocycles. The molecule has 0 saturated heterocycles. The second-order valence-electron chi connectivity index (χ2n) is 3.40. The largest absolute Gasteiger partial charge is 0.467 e. The Morgan fingerprint density at radius 1 is 1.35 bits per heavy atom. The number of carbonyl (C=O) groups is 2. The molecule has 2 unspecified atom stereocenters. The molecule has 92 valence electrons.